The summed E-state index contributed by atoms with van der Waals surface area (Å²) in [6, 6.07) is 24.1. The van der Waals surface area contributed by atoms with Crippen molar-refractivity contribution in [1.82, 2.24) is 10.2 Å². The van der Waals surface area contributed by atoms with E-state index in [2.05, 4.69) is 10.6 Å². The van der Waals surface area contributed by atoms with Crippen molar-refractivity contribution in [3.8, 4) is 0 Å². The van der Waals surface area contributed by atoms with Gasteiger partial charge in [0.05, 0.1) is 0 Å². The topological polar surface area (TPSA) is 87.7 Å². The Balaban J connectivity index is 1.92. The molecule has 0 heterocycles. The smallest absolute Gasteiger partial charge is 0.408 e. The van der Waals surface area contributed by atoms with E-state index in [1.54, 1.807) is 40.0 Å². The van der Waals surface area contributed by atoms with E-state index in [0.717, 1.165) is 11.1 Å². The number of benzene rings is 3. The van der Waals surface area contributed by atoms with Gasteiger partial charge in [0.25, 0.3) is 5.91 Å². The molecule has 0 aliphatic rings. The third-order valence-electron chi connectivity index (χ3n) is 5.77. The first-order chi connectivity index (χ1) is 17.5. The standard InChI is InChI=1S/C30H35N3O4/c1-21-14-12-13-19-24(21)31-27(34)26(23-17-10-7-11-18-23)33(5)28(35)25(20-22-15-8-6-9-16-22)32-29(36)37-30(2,3)4/h6-19,25-26H,20H2,1-5H3,(H,31,34)(H,32,36). The Bertz CT molecular complexity index is 1210. The van der Waals surface area contributed by atoms with Gasteiger partial charge < -0.3 is 20.3 Å². The highest BCUT2D eigenvalue weighted by molar-refractivity contribution is 5.99. The molecule has 0 fully saturated rings. The summed E-state index contributed by atoms with van der Waals surface area (Å²) in [6.07, 6.45) is -0.458. The average Bonchev–Trinajstić information content (AvgIpc) is 2.85. The number of carbonyl (C=O) groups is 3. The fourth-order valence-electron chi connectivity index (χ4n) is 3.97. The summed E-state index contributed by atoms with van der Waals surface area (Å²) >= 11 is 0. The van der Waals surface area contributed by atoms with Crippen LogP contribution >= 0.6 is 0 Å². The molecule has 0 aliphatic heterocycles. The molecule has 0 saturated heterocycles. The van der Waals surface area contributed by atoms with Crippen LogP contribution in [-0.2, 0) is 20.7 Å². The number of ether oxygens (including phenoxy) is 1. The number of aryl methyl sites for hydroxylation is 1. The summed E-state index contributed by atoms with van der Waals surface area (Å²) in [5.41, 5.74) is 2.37. The number of anilines is 1. The predicted octanol–water partition coefficient (Wildman–Crippen LogP) is 5.27. The fourth-order valence-corrected chi connectivity index (χ4v) is 3.97. The van der Waals surface area contributed by atoms with E-state index in [-0.39, 0.29) is 12.3 Å². The maximum Gasteiger partial charge on any atom is 0.408 e. The summed E-state index contributed by atoms with van der Waals surface area (Å²) in [5.74, 6) is -0.768. The van der Waals surface area contributed by atoms with Crippen molar-refractivity contribution in [2.24, 2.45) is 0 Å². The minimum atomic E-state index is -0.945. The van der Waals surface area contributed by atoms with Crippen molar-refractivity contribution in [3.63, 3.8) is 0 Å². The number of nitrogens with one attached hydrogen (secondary N) is 2. The van der Waals surface area contributed by atoms with Crippen LogP contribution in [0.2, 0.25) is 0 Å². The van der Waals surface area contributed by atoms with Gasteiger partial charge in [-0.05, 0) is 50.5 Å². The van der Waals surface area contributed by atoms with Gasteiger partial charge in [-0.25, -0.2) is 4.79 Å². The zero-order valence-electron chi connectivity index (χ0n) is 22.0. The Morgan fingerprint density at radius 1 is 0.865 bits per heavy atom. The predicted molar refractivity (Wildman–Crippen MR) is 145 cm³/mol. The fraction of sp³-hybridized carbons (Fsp3) is 0.300. The molecule has 3 aromatic carbocycles. The second-order valence-electron chi connectivity index (χ2n) is 9.96. The first-order valence-corrected chi connectivity index (χ1v) is 12.3. The maximum absolute atomic E-state index is 13.9. The minimum absolute atomic E-state index is 0.240. The number of nitrogens with zero attached hydrogens (tertiary/aromatic N) is 1. The monoisotopic (exact) mass is 501 g/mol. The third-order valence-corrected chi connectivity index (χ3v) is 5.77. The molecule has 7 nitrogen and oxygen atoms in total. The molecule has 0 aliphatic carbocycles. The van der Waals surface area contributed by atoms with E-state index in [0.29, 0.717) is 11.3 Å². The lowest BCUT2D eigenvalue weighted by Gasteiger charge is -2.32. The third kappa shape index (κ3) is 7.93. The normalized spacial score (nSPS) is 12.7. The summed E-state index contributed by atoms with van der Waals surface area (Å²) in [7, 11) is 1.58. The van der Waals surface area contributed by atoms with Crippen molar-refractivity contribution >= 4 is 23.6 Å². The summed E-state index contributed by atoms with van der Waals surface area (Å²) in [4.78, 5) is 41.5. The molecular formula is C30H35N3O4. The van der Waals surface area contributed by atoms with Crippen molar-refractivity contribution in [3.05, 3.63) is 102 Å². The van der Waals surface area contributed by atoms with Gasteiger partial charge in [-0.1, -0.05) is 78.9 Å². The van der Waals surface area contributed by atoms with Crippen LogP contribution in [0.25, 0.3) is 0 Å². The number of likely N-dealkylation sites (N-methyl/N-ethyl adjacent to an activating group) is 1. The molecule has 2 N–H and O–H groups in total. The molecule has 0 saturated carbocycles. The van der Waals surface area contributed by atoms with Crippen LogP contribution in [0.5, 0.6) is 0 Å². The number of para-hydroxylation sites is 1. The van der Waals surface area contributed by atoms with Crippen molar-refractivity contribution in [1.29, 1.82) is 0 Å². The highest BCUT2D eigenvalue weighted by atomic mass is 16.6. The van der Waals surface area contributed by atoms with Crippen LogP contribution in [-0.4, -0.2) is 41.5 Å². The molecule has 2 atom stereocenters. The number of alkyl carbamates (subject to hydrolysis) is 1. The van der Waals surface area contributed by atoms with Crippen LogP contribution < -0.4 is 10.6 Å². The maximum atomic E-state index is 13.9. The Morgan fingerprint density at radius 3 is 2.03 bits per heavy atom. The van der Waals surface area contributed by atoms with Gasteiger partial charge in [-0.3, -0.25) is 9.59 Å². The van der Waals surface area contributed by atoms with Crippen molar-refractivity contribution < 1.29 is 19.1 Å². The molecule has 3 aromatic rings. The van der Waals surface area contributed by atoms with Gasteiger partial charge in [0, 0.05) is 19.2 Å². The number of carbonyl (C=O) groups excluding carboxylic acids is 3. The molecule has 2 unspecified atom stereocenters. The zero-order chi connectivity index (χ0) is 27.0. The largest absolute Gasteiger partial charge is 0.444 e. The molecular weight excluding hydrogens is 466 g/mol. The molecule has 7 heteroatoms. The molecule has 0 radical (unpaired) electrons. The number of rotatable bonds is 8. The van der Waals surface area contributed by atoms with E-state index >= 15 is 0 Å². The summed E-state index contributed by atoms with van der Waals surface area (Å²) in [5, 5.41) is 5.68. The van der Waals surface area contributed by atoms with Crippen LogP contribution in [0.4, 0.5) is 10.5 Å². The second kappa shape index (κ2) is 12.2. The van der Waals surface area contributed by atoms with E-state index in [4.69, 9.17) is 4.74 Å². The summed E-state index contributed by atoms with van der Waals surface area (Å²) in [6.45, 7) is 7.18. The van der Waals surface area contributed by atoms with Crippen LogP contribution in [0, 0.1) is 6.92 Å². The average molecular weight is 502 g/mol. The molecule has 37 heavy (non-hydrogen) atoms. The Kier molecular flexibility index (Phi) is 9.06. The van der Waals surface area contributed by atoms with Gasteiger partial charge in [0.15, 0.2) is 0 Å². The lowest BCUT2D eigenvalue weighted by atomic mass is 10.0. The second-order valence-corrected chi connectivity index (χ2v) is 9.96. The zero-order valence-corrected chi connectivity index (χ0v) is 22.0. The Labute approximate surface area is 218 Å². The molecule has 3 amide bonds. The summed E-state index contributed by atoms with van der Waals surface area (Å²) < 4.78 is 5.42. The van der Waals surface area contributed by atoms with Crippen LogP contribution in [0.15, 0.2) is 84.9 Å². The first-order valence-electron chi connectivity index (χ1n) is 12.3. The quantitative estimate of drug-likeness (QED) is 0.440. The minimum Gasteiger partial charge on any atom is -0.444 e. The molecule has 3 rings (SSSR count). The number of hydrogen-bond donors (Lipinski definition) is 2. The highest BCUT2D eigenvalue weighted by Gasteiger charge is 2.34. The van der Waals surface area contributed by atoms with Gasteiger partial charge in [-0.2, -0.15) is 0 Å². The Hall–Kier alpha value is -4.13. The number of amides is 3. The van der Waals surface area contributed by atoms with Crippen molar-refractivity contribution in [2.45, 2.75) is 51.8 Å². The Morgan fingerprint density at radius 2 is 1.43 bits per heavy atom. The highest BCUT2D eigenvalue weighted by Crippen LogP contribution is 2.24. The van der Waals surface area contributed by atoms with Gasteiger partial charge in [-0.15, -0.1) is 0 Å². The SMILES string of the molecule is Cc1ccccc1NC(=O)C(c1ccccc1)N(C)C(=O)C(Cc1ccccc1)NC(=O)OC(C)(C)C. The van der Waals surface area contributed by atoms with Gasteiger partial charge >= 0.3 is 6.09 Å². The number of hydrogen-bond acceptors (Lipinski definition) is 4. The van der Waals surface area contributed by atoms with Crippen LogP contribution in [0.3, 0.4) is 0 Å². The van der Waals surface area contributed by atoms with Gasteiger partial charge in [0.1, 0.15) is 17.7 Å². The van der Waals surface area contributed by atoms with E-state index in [9.17, 15) is 14.4 Å². The van der Waals surface area contributed by atoms with Gasteiger partial charge in [0.2, 0.25) is 5.91 Å². The lowest BCUT2D eigenvalue weighted by molar-refractivity contribution is -0.139. The molecule has 0 aromatic heterocycles. The first kappa shape index (κ1) is 27.5. The van der Waals surface area contributed by atoms with E-state index < -0.39 is 29.7 Å². The molecule has 194 valence electrons. The van der Waals surface area contributed by atoms with Crippen molar-refractivity contribution in [2.75, 3.05) is 12.4 Å². The molecule has 0 spiro atoms. The lowest BCUT2D eigenvalue weighted by Crippen LogP contribution is -2.52. The van der Waals surface area contributed by atoms with E-state index in [1.807, 2.05) is 79.7 Å². The molecule has 0 bridgehead atoms. The van der Waals surface area contributed by atoms with Crippen LogP contribution in [0.1, 0.15) is 43.5 Å². The van der Waals surface area contributed by atoms with E-state index in [1.165, 1.54) is 4.90 Å².